The smallest absolute Gasteiger partial charge is 0.112 e. The van der Waals surface area contributed by atoms with Crippen LogP contribution in [0.4, 0.5) is 0 Å². The van der Waals surface area contributed by atoms with Gasteiger partial charge in [0.05, 0.1) is 0 Å². The highest BCUT2D eigenvalue weighted by Gasteiger charge is 2.36. The van der Waals surface area contributed by atoms with Crippen LogP contribution in [-0.2, 0) is 18.9 Å². The molecule has 100 valence electrons. The van der Waals surface area contributed by atoms with Crippen LogP contribution in [0.15, 0.2) is 36.7 Å². The van der Waals surface area contributed by atoms with E-state index in [1.807, 2.05) is 19.4 Å². The Labute approximate surface area is 114 Å². The molecular weight excluding hydrogens is 234 g/mol. The molecule has 0 spiro atoms. The van der Waals surface area contributed by atoms with E-state index in [2.05, 4.69) is 33.8 Å². The van der Waals surface area contributed by atoms with Gasteiger partial charge in [0, 0.05) is 37.8 Å². The summed E-state index contributed by atoms with van der Waals surface area (Å²) >= 11 is 0. The third-order valence-corrected chi connectivity index (χ3v) is 4.55. The molecule has 3 heteroatoms. The maximum atomic E-state index is 5.96. The van der Waals surface area contributed by atoms with Crippen LogP contribution in [0.2, 0.25) is 0 Å². The van der Waals surface area contributed by atoms with E-state index >= 15 is 0 Å². The lowest BCUT2D eigenvalue weighted by molar-refractivity contribution is 0.253. The molecular formula is C16H21N3. The zero-order valence-electron chi connectivity index (χ0n) is 11.5. The molecule has 2 aromatic rings. The second-order valence-corrected chi connectivity index (χ2v) is 5.67. The molecule has 0 radical (unpaired) electrons. The monoisotopic (exact) mass is 255 g/mol. The number of aromatic nitrogens is 2. The number of hydrogen-bond donors (Lipinski definition) is 1. The lowest BCUT2D eigenvalue weighted by Crippen LogP contribution is -2.41. The van der Waals surface area contributed by atoms with Crippen molar-refractivity contribution in [2.75, 3.05) is 6.54 Å². The minimum absolute atomic E-state index is 0.266. The number of nitrogens with zero attached hydrogens (tertiary/aromatic N) is 2. The number of hydrogen-bond acceptors (Lipinski definition) is 2. The summed E-state index contributed by atoms with van der Waals surface area (Å²) in [6, 6.07) is 8.95. The van der Waals surface area contributed by atoms with Gasteiger partial charge in [-0.25, -0.2) is 4.98 Å². The van der Waals surface area contributed by atoms with Gasteiger partial charge in [-0.3, -0.25) is 0 Å². The number of imidazole rings is 1. The first-order chi connectivity index (χ1) is 9.23. The van der Waals surface area contributed by atoms with Crippen molar-refractivity contribution in [2.45, 2.75) is 31.1 Å². The predicted molar refractivity (Wildman–Crippen MR) is 77.0 cm³/mol. The van der Waals surface area contributed by atoms with Gasteiger partial charge in [0.1, 0.15) is 5.82 Å². The lowest BCUT2D eigenvalue weighted by Gasteiger charge is -2.41. The first-order valence-corrected chi connectivity index (χ1v) is 6.99. The van der Waals surface area contributed by atoms with E-state index in [0.29, 0.717) is 0 Å². The number of aryl methyl sites for hydroxylation is 1. The first-order valence-electron chi connectivity index (χ1n) is 6.99. The number of nitrogens with two attached hydrogens (primary N) is 1. The molecule has 0 saturated heterocycles. The van der Waals surface area contributed by atoms with Crippen LogP contribution in [0.25, 0.3) is 0 Å². The minimum atomic E-state index is 0.266. The fraction of sp³-hybridized carbons (Fsp3) is 0.438. The highest BCUT2D eigenvalue weighted by Crippen LogP contribution is 2.42. The zero-order valence-corrected chi connectivity index (χ0v) is 11.5. The van der Waals surface area contributed by atoms with Crippen molar-refractivity contribution >= 4 is 0 Å². The Kier molecular flexibility index (Phi) is 3.15. The number of rotatable bonds is 4. The second kappa shape index (κ2) is 4.82. The van der Waals surface area contributed by atoms with Gasteiger partial charge in [-0.05, 0) is 24.0 Å². The Morgan fingerprint density at radius 2 is 2.00 bits per heavy atom. The summed E-state index contributed by atoms with van der Waals surface area (Å²) in [6.07, 6.45) is 8.51. The molecule has 1 aliphatic rings. The van der Waals surface area contributed by atoms with Crippen LogP contribution in [-0.4, -0.2) is 16.1 Å². The molecule has 1 heterocycles. The van der Waals surface area contributed by atoms with Crippen molar-refractivity contribution in [2.24, 2.45) is 12.8 Å². The summed E-state index contributed by atoms with van der Waals surface area (Å²) in [7, 11) is 2.04. The summed E-state index contributed by atoms with van der Waals surface area (Å²) < 4.78 is 2.07. The Balaban J connectivity index is 1.78. The largest absolute Gasteiger partial charge is 0.338 e. The van der Waals surface area contributed by atoms with E-state index in [1.165, 1.54) is 30.4 Å². The normalized spacial score (nSPS) is 17.2. The average Bonchev–Trinajstić information content (AvgIpc) is 2.77. The van der Waals surface area contributed by atoms with Gasteiger partial charge in [-0.15, -0.1) is 0 Å². The number of benzene rings is 1. The zero-order chi connectivity index (χ0) is 13.3. The van der Waals surface area contributed by atoms with E-state index in [0.717, 1.165) is 18.8 Å². The molecule has 1 fully saturated rings. The van der Waals surface area contributed by atoms with Crippen molar-refractivity contribution in [3.8, 4) is 0 Å². The SMILES string of the molecule is Cn1ccnc1Cc1ccc(C2(CN)CCC2)cc1. The fourth-order valence-electron chi connectivity index (χ4n) is 2.94. The van der Waals surface area contributed by atoms with E-state index in [4.69, 9.17) is 5.73 Å². The van der Waals surface area contributed by atoms with E-state index in [9.17, 15) is 0 Å². The van der Waals surface area contributed by atoms with Crippen LogP contribution >= 0.6 is 0 Å². The summed E-state index contributed by atoms with van der Waals surface area (Å²) in [5, 5.41) is 0. The van der Waals surface area contributed by atoms with Gasteiger partial charge < -0.3 is 10.3 Å². The van der Waals surface area contributed by atoms with Crippen molar-refractivity contribution in [1.82, 2.24) is 9.55 Å². The van der Waals surface area contributed by atoms with Gasteiger partial charge in [0.2, 0.25) is 0 Å². The Morgan fingerprint density at radius 3 is 2.47 bits per heavy atom. The van der Waals surface area contributed by atoms with Gasteiger partial charge in [0.25, 0.3) is 0 Å². The third-order valence-electron chi connectivity index (χ3n) is 4.55. The van der Waals surface area contributed by atoms with Gasteiger partial charge in [-0.1, -0.05) is 30.7 Å². The summed E-state index contributed by atoms with van der Waals surface area (Å²) in [5.74, 6) is 1.10. The van der Waals surface area contributed by atoms with Crippen LogP contribution in [0.3, 0.4) is 0 Å². The first kappa shape index (κ1) is 12.4. The molecule has 3 rings (SSSR count). The van der Waals surface area contributed by atoms with Crippen LogP contribution in [0.5, 0.6) is 0 Å². The second-order valence-electron chi connectivity index (χ2n) is 5.67. The standard InChI is InChI=1S/C16H21N3/c1-19-10-9-18-15(19)11-13-3-5-14(6-4-13)16(12-17)7-2-8-16/h3-6,9-10H,2,7-8,11-12,17H2,1H3. The van der Waals surface area contributed by atoms with Crippen molar-refractivity contribution in [1.29, 1.82) is 0 Å². The quantitative estimate of drug-likeness (QED) is 0.911. The van der Waals surface area contributed by atoms with Crippen LogP contribution < -0.4 is 5.73 Å². The van der Waals surface area contributed by atoms with Gasteiger partial charge in [-0.2, -0.15) is 0 Å². The molecule has 1 aromatic carbocycles. The Hall–Kier alpha value is -1.61. The predicted octanol–water partition coefficient (Wildman–Crippen LogP) is 2.39. The van der Waals surface area contributed by atoms with E-state index < -0.39 is 0 Å². The summed E-state index contributed by atoms with van der Waals surface area (Å²) in [5.41, 5.74) is 8.94. The third kappa shape index (κ3) is 2.19. The average molecular weight is 255 g/mol. The van der Waals surface area contributed by atoms with Crippen molar-refractivity contribution in [3.63, 3.8) is 0 Å². The molecule has 3 nitrogen and oxygen atoms in total. The van der Waals surface area contributed by atoms with Crippen LogP contribution in [0, 0.1) is 0 Å². The molecule has 1 saturated carbocycles. The maximum absolute atomic E-state index is 5.96. The van der Waals surface area contributed by atoms with Crippen molar-refractivity contribution in [3.05, 3.63) is 53.6 Å². The molecule has 1 aromatic heterocycles. The topological polar surface area (TPSA) is 43.8 Å². The summed E-state index contributed by atoms with van der Waals surface area (Å²) in [6.45, 7) is 0.770. The van der Waals surface area contributed by atoms with Crippen molar-refractivity contribution < 1.29 is 0 Å². The van der Waals surface area contributed by atoms with E-state index in [-0.39, 0.29) is 5.41 Å². The Bertz CT molecular complexity index is 544. The minimum Gasteiger partial charge on any atom is -0.338 e. The van der Waals surface area contributed by atoms with Crippen LogP contribution in [0.1, 0.15) is 36.2 Å². The highest BCUT2D eigenvalue weighted by atomic mass is 15.0. The lowest BCUT2D eigenvalue weighted by atomic mass is 9.64. The van der Waals surface area contributed by atoms with E-state index in [1.54, 1.807) is 0 Å². The Morgan fingerprint density at radius 1 is 1.26 bits per heavy atom. The maximum Gasteiger partial charge on any atom is 0.112 e. The van der Waals surface area contributed by atoms with Gasteiger partial charge >= 0.3 is 0 Å². The molecule has 0 atom stereocenters. The molecule has 0 amide bonds. The molecule has 1 aliphatic carbocycles. The molecule has 0 bridgehead atoms. The molecule has 19 heavy (non-hydrogen) atoms. The molecule has 0 aliphatic heterocycles. The molecule has 0 unspecified atom stereocenters. The van der Waals surface area contributed by atoms with Gasteiger partial charge in [0.15, 0.2) is 0 Å². The summed E-state index contributed by atoms with van der Waals surface area (Å²) in [4.78, 5) is 4.37. The molecule has 2 N–H and O–H groups in total. The highest BCUT2D eigenvalue weighted by molar-refractivity contribution is 5.32. The fourth-order valence-corrected chi connectivity index (χ4v) is 2.94.